The standard InChI is InChI=1S/C14H11N5O5/c1-17-13(21)9-3-2-8(6-10(9)14(17)22)15-12(20)7-18-5-4-11(16-18)19(23)24/h2-6H,7H2,1H3,(H,15,20). The Morgan fingerprint density at radius 1 is 1.25 bits per heavy atom. The molecule has 2 aromatic rings. The summed E-state index contributed by atoms with van der Waals surface area (Å²) in [5, 5.41) is 16.7. The van der Waals surface area contributed by atoms with Crippen molar-refractivity contribution in [2.45, 2.75) is 6.54 Å². The van der Waals surface area contributed by atoms with E-state index in [0.717, 1.165) is 9.58 Å². The molecule has 0 saturated carbocycles. The Labute approximate surface area is 134 Å². The SMILES string of the molecule is CN1C(=O)c2ccc(NC(=O)Cn3ccc([N+](=O)[O-])n3)cc2C1=O. The van der Waals surface area contributed by atoms with Crippen molar-refractivity contribution in [3.05, 3.63) is 51.7 Å². The first kappa shape index (κ1) is 15.3. The molecule has 3 amide bonds. The minimum Gasteiger partial charge on any atom is -0.358 e. The highest BCUT2D eigenvalue weighted by Gasteiger charge is 2.32. The van der Waals surface area contributed by atoms with Gasteiger partial charge in [0.2, 0.25) is 5.91 Å². The van der Waals surface area contributed by atoms with Crippen molar-refractivity contribution in [1.29, 1.82) is 0 Å². The summed E-state index contributed by atoms with van der Waals surface area (Å²) in [7, 11) is 1.38. The fourth-order valence-electron chi connectivity index (χ4n) is 2.32. The van der Waals surface area contributed by atoms with Crippen LogP contribution in [0.4, 0.5) is 11.5 Å². The maximum absolute atomic E-state index is 12.0. The summed E-state index contributed by atoms with van der Waals surface area (Å²) in [5.41, 5.74) is 0.843. The number of benzene rings is 1. The molecule has 0 bridgehead atoms. The number of hydrogen-bond acceptors (Lipinski definition) is 6. The summed E-state index contributed by atoms with van der Waals surface area (Å²) < 4.78 is 1.13. The third-order valence-corrected chi connectivity index (χ3v) is 3.49. The Kier molecular flexibility index (Phi) is 3.56. The molecular formula is C14H11N5O5. The van der Waals surface area contributed by atoms with E-state index >= 15 is 0 Å². The smallest absolute Gasteiger partial charge is 0.358 e. The van der Waals surface area contributed by atoms with E-state index in [1.807, 2.05) is 0 Å². The molecule has 0 fully saturated rings. The highest BCUT2D eigenvalue weighted by atomic mass is 16.6. The molecule has 0 unspecified atom stereocenters. The predicted molar refractivity (Wildman–Crippen MR) is 80.4 cm³/mol. The van der Waals surface area contributed by atoms with Crippen LogP contribution in [0, 0.1) is 10.1 Å². The van der Waals surface area contributed by atoms with E-state index in [9.17, 15) is 24.5 Å². The molecule has 0 aliphatic carbocycles. The molecule has 0 atom stereocenters. The van der Waals surface area contributed by atoms with Gasteiger partial charge in [-0.1, -0.05) is 0 Å². The van der Waals surface area contributed by atoms with Crippen LogP contribution in [0.2, 0.25) is 0 Å². The Bertz CT molecular complexity index is 887. The van der Waals surface area contributed by atoms with E-state index in [-0.39, 0.29) is 23.5 Å². The zero-order valence-corrected chi connectivity index (χ0v) is 12.4. The molecule has 1 aromatic carbocycles. The van der Waals surface area contributed by atoms with Crippen LogP contribution in [-0.4, -0.2) is 44.4 Å². The van der Waals surface area contributed by atoms with E-state index in [0.29, 0.717) is 5.69 Å². The van der Waals surface area contributed by atoms with Gasteiger partial charge in [0.05, 0.1) is 28.5 Å². The lowest BCUT2D eigenvalue weighted by molar-refractivity contribution is -0.389. The van der Waals surface area contributed by atoms with E-state index in [1.165, 1.54) is 37.5 Å². The normalized spacial score (nSPS) is 13.1. The number of nitrogens with zero attached hydrogens (tertiary/aromatic N) is 4. The molecular weight excluding hydrogens is 318 g/mol. The number of hydrogen-bond donors (Lipinski definition) is 1. The second-order valence-corrected chi connectivity index (χ2v) is 5.11. The molecule has 10 nitrogen and oxygen atoms in total. The first-order valence-corrected chi connectivity index (χ1v) is 6.81. The van der Waals surface area contributed by atoms with Crippen LogP contribution in [0.25, 0.3) is 0 Å². The van der Waals surface area contributed by atoms with Crippen LogP contribution < -0.4 is 5.32 Å². The van der Waals surface area contributed by atoms with Crippen molar-refractivity contribution in [1.82, 2.24) is 14.7 Å². The minimum atomic E-state index is -0.659. The maximum Gasteiger partial charge on any atom is 0.389 e. The molecule has 1 N–H and O–H groups in total. The quantitative estimate of drug-likeness (QED) is 0.498. The lowest BCUT2D eigenvalue weighted by Crippen LogP contribution is -2.24. The van der Waals surface area contributed by atoms with E-state index < -0.39 is 22.6 Å². The molecule has 1 aliphatic heterocycles. The number of fused-ring (bicyclic) bond motifs is 1. The topological polar surface area (TPSA) is 127 Å². The van der Waals surface area contributed by atoms with Gasteiger partial charge in [-0.25, -0.2) is 0 Å². The molecule has 3 rings (SSSR count). The van der Waals surface area contributed by atoms with Crippen LogP contribution in [0.1, 0.15) is 20.7 Å². The number of aromatic nitrogens is 2. The largest absolute Gasteiger partial charge is 0.389 e. The summed E-state index contributed by atoms with van der Waals surface area (Å²) in [4.78, 5) is 46.6. The van der Waals surface area contributed by atoms with Crippen molar-refractivity contribution in [2.24, 2.45) is 0 Å². The zero-order chi connectivity index (χ0) is 17.4. The van der Waals surface area contributed by atoms with Gasteiger partial charge in [-0.2, -0.15) is 4.68 Å². The summed E-state index contributed by atoms with van der Waals surface area (Å²) in [6.45, 7) is -0.224. The van der Waals surface area contributed by atoms with Gasteiger partial charge >= 0.3 is 5.82 Å². The number of carbonyl (C=O) groups is 3. The highest BCUT2D eigenvalue weighted by molar-refractivity contribution is 6.21. The lowest BCUT2D eigenvalue weighted by Gasteiger charge is -2.05. The number of carbonyl (C=O) groups excluding carboxylic acids is 3. The number of nitro groups is 1. The molecule has 0 radical (unpaired) electrons. The predicted octanol–water partition coefficient (Wildman–Crippen LogP) is 0.656. The molecule has 0 saturated heterocycles. The van der Waals surface area contributed by atoms with Crippen molar-refractivity contribution < 1.29 is 19.3 Å². The van der Waals surface area contributed by atoms with Gasteiger partial charge < -0.3 is 15.4 Å². The van der Waals surface area contributed by atoms with Crippen molar-refractivity contribution in [2.75, 3.05) is 12.4 Å². The van der Waals surface area contributed by atoms with Crippen molar-refractivity contribution in [3.8, 4) is 0 Å². The number of imide groups is 1. The number of rotatable bonds is 4. The Hall–Kier alpha value is -3.56. The monoisotopic (exact) mass is 329 g/mol. The zero-order valence-electron chi connectivity index (χ0n) is 12.4. The average molecular weight is 329 g/mol. The van der Waals surface area contributed by atoms with Crippen LogP contribution in [0.15, 0.2) is 30.5 Å². The first-order chi connectivity index (χ1) is 11.4. The Morgan fingerprint density at radius 3 is 2.62 bits per heavy atom. The molecule has 1 aromatic heterocycles. The van der Waals surface area contributed by atoms with E-state index in [1.54, 1.807) is 0 Å². The highest BCUT2D eigenvalue weighted by Crippen LogP contribution is 2.24. The second-order valence-electron chi connectivity index (χ2n) is 5.11. The number of amides is 3. The van der Waals surface area contributed by atoms with Crippen molar-refractivity contribution in [3.63, 3.8) is 0 Å². The van der Waals surface area contributed by atoms with E-state index in [4.69, 9.17) is 0 Å². The summed E-state index contributed by atoms with van der Waals surface area (Å²) in [6.07, 6.45) is 1.32. The van der Waals surface area contributed by atoms with Gasteiger partial charge in [0, 0.05) is 12.7 Å². The summed E-state index contributed by atoms with van der Waals surface area (Å²) in [5.74, 6) is -1.66. The van der Waals surface area contributed by atoms with Gasteiger partial charge in [0.1, 0.15) is 6.54 Å². The minimum absolute atomic E-state index is 0.218. The maximum atomic E-state index is 12.0. The Balaban J connectivity index is 1.72. The Morgan fingerprint density at radius 2 is 1.96 bits per heavy atom. The lowest BCUT2D eigenvalue weighted by atomic mass is 10.1. The van der Waals surface area contributed by atoms with Gasteiger partial charge in [-0.05, 0) is 23.1 Å². The summed E-state index contributed by atoms with van der Waals surface area (Å²) in [6, 6.07) is 5.57. The second kappa shape index (κ2) is 5.57. The number of anilines is 1. The first-order valence-electron chi connectivity index (χ1n) is 6.81. The molecule has 2 heterocycles. The molecule has 10 heteroatoms. The van der Waals surface area contributed by atoms with Gasteiger partial charge in [0.15, 0.2) is 0 Å². The fraction of sp³-hybridized carbons (Fsp3) is 0.143. The van der Waals surface area contributed by atoms with Crippen molar-refractivity contribution >= 4 is 29.2 Å². The van der Waals surface area contributed by atoms with Crippen LogP contribution in [0.5, 0.6) is 0 Å². The molecule has 122 valence electrons. The van der Waals surface area contributed by atoms with Crippen LogP contribution in [-0.2, 0) is 11.3 Å². The average Bonchev–Trinajstić information content (AvgIpc) is 3.08. The van der Waals surface area contributed by atoms with Crippen LogP contribution >= 0.6 is 0 Å². The molecule has 24 heavy (non-hydrogen) atoms. The van der Waals surface area contributed by atoms with Gasteiger partial charge in [0.25, 0.3) is 11.8 Å². The van der Waals surface area contributed by atoms with Crippen LogP contribution in [0.3, 0.4) is 0 Å². The third kappa shape index (κ3) is 2.60. The fourth-order valence-corrected chi connectivity index (χ4v) is 2.32. The third-order valence-electron chi connectivity index (χ3n) is 3.49. The van der Waals surface area contributed by atoms with Gasteiger partial charge in [-0.15, -0.1) is 0 Å². The van der Waals surface area contributed by atoms with Gasteiger partial charge in [-0.3, -0.25) is 19.3 Å². The van der Waals surface area contributed by atoms with E-state index in [2.05, 4.69) is 10.4 Å². The molecule has 1 aliphatic rings. The summed E-state index contributed by atoms with van der Waals surface area (Å²) >= 11 is 0. The molecule has 0 spiro atoms. The number of nitrogens with one attached hydrogen (secondary N) is 1.